The molecule has 0 saturated carbocycles. The van der Waals surface area contributed by atoms with Gasteiger partial charge in [-0.15, -0.1) is 0 Å². The van der Waals surface area contributed by atoms with Crippen molar-refractivity contribution in [1.29, 1.82) is 0 Å². The van der Waals surface area contributed by atoms with Crippen LogP contribution in [-0.2, 0) is 0 Å². The molecule has 1 amide bonds. The molecule has 4 rings (SSSR count). The molecule has 0 aliphatic carbocycles. The summed E-state index contributed by atoms with van der Waals surface area (Å²) in [5.74, 6) is 6.08. The van der Waals surface area contributed by atoms with Crippen molar-refractivity contribution >= 4 is 11.6 Å². The smallest absolute Gasteiger partial charge is 0.254 e. The highest BCUT2D eigenvalue weighted by Crippen LogP contribution is 2.28. The van der Waals surface area contributed by atoms with Crippen LogP contribution in [0.15, 0.2) is 30.5 Å². The van der Waals surface area contributed by atoms with Gasteiger partial charge in [0.05, 0.1) is 11.9 Å². The van der Waals surface area contributed by atoms with Gasteiger partial charge in [0.2, 0.25) is 0 Å². The molecule has 0 bridgehead atoms. The largest absolute Gasteiger partial charge is 0.339 e. The summed E-state index contributed by atoms with van der Waals surface area (Å²) in [5, 5.41) is 4.75. The van der Waals surface area contributed by atoms with Crippen molar-refractivity contribution in [1.82, 2.24) is 19.5 Å². The van der Waals surface area contributed by atoms with Gasteiger partial charge in [0.1, 0.15) is 5.69 Å². The van der Waals surface area contributed by atoms with Crippen molar-refractivity contribution in [2.24, 2.45) is 0 Å². The third kappa shape index (κ3) is 3.16. The van der Waals surface area contributed by atoms with Crippen LogP contribution in [-0.4, -0.2) is 38.5 Å². The van der Waals surface area contributed by atoms with E-state index in [1.807, 2.05) is 36.1 Å². The van der Waals surface area contributed by atoms with E-state index in [1.165, 1.54) is 6.42 Å². The predicted molar refractivity (Wildman–Crippen MR) is 110 cm³/mol. The summed E-state index contributed by atoms with van der Waals surface area (Å²) in [7, 11) is 0. The Labute approximate surface area is 165 Å². The summed E-state index contributed by atoms with van der Waals surface area (Å²) in [5.41, 5.74) is 6.32. The second-order valence-corrected chi connectivity index (χ2v) is 7.27. The Kier molecular flexibility index (Phi) is 4.87. The van der Waals surface area contributed by atoms with E-state index < -0.39 is 0 Å². The van der Waals surface area contributed by atoms with Crippen LogP contribution in [0.5, 0.6) is 0 Å². The van der Waals surface area contributed by atoms with Crippen LogP contribution in [0.4, 0.5) is 0 Å². The first kappa shape index (κ1) is 18.2. The summed E-state index contributed by atoms with van der Waals surface area (Å²) < 4.78 is 1.77. The van der Waals surface area contributed by atoms with Crippen LogP contribution in [0.3, 0.4) is 0 Å². The Balaban J connectivity index is 1.73. The molecule has 5 heteroatoms. The van der Waals surface area contributed by atoms with Crippen molar-refractivity contribution < 1.29 is 4.79 Å². The summed E-state index contributed by atoms with van der Waals surface area (Å²) in [6, 6.07) is 7.88. The molecule has 2 aromatic heterocycles. The Hall–Kier alpha value is -3.13. The quantitative estimate of drug-likeness (QED) is 0.639. The van der Waals surface area contributed by atoms with Crippen molar-refractivity contribution in [3.05, 3.63) is 52.8 Å². The number of imidazole rings is 1. The summed E-state index contributed by atoms with van der Waals surface area (Å²) in [4.78, 5) is 19.3. The van der Waals surface area contributed by atoms with Gasteiger partial charge in [-0.25, -0.2) is 9.50 Å². The molecule has 28 heavy (non-hydrogen) atoms. The Morgan fingerprint density at radius 3 is 2.57 bits per heavy atom. The van der Waals surface area contributed by atoms with Crippen LogP contribution in [0, 0.1) is 25.7 Å². The summed E-state index contributed by atoms with van der Waals surface area (Å²) >= 11 is 0. The fourth-order valence-corrected chi connectivity index (χ4v) is 3.83. The van der Waals surface area contributed by atoms with Crippen LogP contribution in [0.2, 0.25) is 0 Å². The average molecular weight is 372 g/mol. The predicted octanol–water partition coefficient (Wildman–Crippen LogP) is 4.01. The topological polar surface area (TPSA) is 50.5 Å². The molecule has 1 aliphatic rings. The van der Waals surface area contributed by atoms with Gasteiger partial charge in [0.15, 0.2) is 5.65 Å². The van der Waals surface area contributed by atoms with E-state index in [1.54, 1.807) is 17.6 Å². The lowest BCUT2D eigenvalue weighted by atomic mass is 9.95. The van der Waals surface area contributed by atoms with E-state index in [9.17, 15) is 4.79 Å². The minimum atomic E-state index is 0.144. The van der Waals surface area contributed by atoms with E-state index in [0.717, 1.165) is 65.2 Å². The van der Waals surface area contributed by atoms with Gasteiger partial charge in [-0.05, 0) is 75.3 Å². The maximum absolute atomic E-state index is 13.0. The first-order valence-electron chi connectivity index (χ1n) is 9.77. The molecule has 0 radical (unpaired) electrons. The number of benzene rings is 1. The van der Waals surface area contributed by atoms with Gasteiger partial charge in [-0.2, -0.15) is 5.10 Å². The van der Waals surface area contributed by atoms with E-state index >= 15 is 0 Å². The van der Waals surface area contributed by atoms with Gasteiger partial charge in [-0.1, -0.05) is 12.0 Å². The van der Waals surface area contributed by atoms with Crippen molar-refractivity contribution in [3.63, 3.8) is 0 Å². The SMILES string of the molecule is CC#Cc1cnc2ccc(-c3ccc(C(=O)N4CCCCC4)c(C)c3C)nn12. The minimum Gasteiger partial charge on any atom is -0.339 e. The van der Waals surface area contributed by atoms with Gasteiger partial charge >= 0.3 is 0 Å². The third-order valence-corrected chi connectivity index (χ3v) is 5.55. The molecule has 1 aromatic carbocycles. The van der Waals surface area contributed by atoms with Gasteiger partial charge in [-0.3, -0.25) is 4.79 Å². The van der Waals surface area contributed by atoms with Crippen molar-refractivity contribution in [2.45, 2.75) is 40.0 Å². The Morgan fingerprint density at radius 2 is 1.82 bits per heavy atom. The van der Waals surface area contributed by atoms with Gasteiger partial charge < -0.3 is 4.90 Å². The number of aromatic nitrogens is 3. The van der Waals surface area contributed by atoms with Gasteiger partial charge in [0, 0.05) is 24.2 Å². The number of nitrogens with zero attached hydrogens (tertiary/aromatic N) is 4. The van der Waals surface area contributed by atoms with E-state index in [4.69, 9.17) is 5.10 Å². The second-order valence-electron chi connectivity index (χ2n) is 7.27. The first-order chi connectivity index (χ1) is 13.6. The first-order valence-corrected chi connectivity index (χ1v) is 9.77. The molecule has 1 fully saturated rings. The molecule has 0 atom stereocenters. The van der Waals surface area contributed by atoms with Crippen molar-refractivity contribution in [2.75, 3.05) is 13.1 Å². The molecular weight excluding hydrogens is 348 g/mol. The zero-order valence-corrected chi connectivity index (χ0v) is 16.6. The van der Waals surface area contributed by atoms with E-state index in [0.29, 0.717) is 0 Å². The van der Waals surface area contributed by atoms with Gasteiger partial charge in [0.25, 0.3) is 5.91 Å². The van der Waals surface area contributed by atoms with Crippen LogP contribution >= 0.6 is 0 Å². The number of rotatable bonds is 2. The lowest BCUT2D eigenvalue weighted by Crippen LogP contribution is -2.36. The lowest BCUT2D eigenvalue weighted by molar-refractivity contribution is 0.0723. The van der Waals surface area contributed by atoms with Crippen LogP contribution in [0.25, 0.3) is 16.9 Å². The zero-order chi connectivity index (χ0) is 19.7. The fraction of sp³-hybridized carbons (Fsp3) is 0.348. The number of carbonyl (C=O) groups is 1. The van der Waals surface area contributed by atoms with Crippen molar-refractivity contribution in [3.8, 4) is 23.1 Å². The normalized spacial score (nSPS) is 14.0. The number of amides is 1. The number of fused-ring (bicyclic) bond motifs is 1. The van der Waals surface area contributed by atoms with Crippen LogP contribution in [0.1, 0.15) is 53.4 Å². The lowest BCUT2D eigenvalue weighted by Gasteiger charge is -2.27. The molecule has 3 heterocycles. The molecule has 0 N–H and O–H groups in total. The molecule has 5 nitrogen and oxygen atoms in total. The third-order valence-electron chi connectivity index (χ3n) is 5.55. The second kappa shape index (κ2) is 7.47. The monoisotopic (exact) mass is 372 g/mol. The molecule has 0 unspecified atom stereocenters. The minimum absolute atomic E-state index is 0.144. The Morgan fingerprint density at radius 1 is 1.04 bits per heavy atom. The number of hydrogen-bond donors (Lipinski definition) is 0. The molecular formula is C23H24N4O. The summed E-state index contributed by atoms with van der Waals surface area (Å²) in [6.45, 7) is 7.61. The molecule has 1 saturated heterocycles. The highest BCUT2D eigenvalue weighted by atomic mass is 16.2. The molecule has 3 aromatic rings. The molecule has 1 aliphatic heterocycles. The standard InChI is InChI=1S/C23H24N4O/c1-4-8-18-15-24-22-12-11-21(25-27(18)22)19-9-10-20(17(3)16(19)2)23(28)26-13-6-5-7-14-26/h9-12,15H,5-7,13-14H2,1-3H3. The zero-order valence-electron chi connectivity index (χ0n) is 16.6. The molecule has 142 valence electrons. The fourth-order valence-electron chi connectivity index (χ4n) is 3.83. The highest BCUT2D eigenvalue weighted by Gasteiger charge is 2.21. The van der Waals surface area contributed by atoms with Crippen LogP contribution < -0.4 is 0 Å². The maximum Gasteiger partial charge on any atom is 0.254 e. The number of likely N-dealkylation sites (tertiary alicyclic amines) is 1. The molecule has 0 spiro atoms. The Bertz CT molecular complexity index is 1110. The number of carbonyl (C=O) groups excluding carboxylic acids is 1. The highest BCUT2D eigenvalue weighted by molar-refractivity contribution is 5.96. The number of hydrogen-bond acceptors (Lipinski definition) is 3. The number of piperidine rings is 1. The van der Waals surface area contributed by atoms with E-state index in [2.05, 4.69) is 23.7 Å². The average Bonchev–Trinajstić information content (AvgIpc) is 3.12. The summed E-state index contributed by atoms with van der Waals surface area (Å²) in [6.07, 6.45) is 5.15. The van der Waals surface area contributed by atoms with E-state index in [-0.39, 0.29) is 5.91 Å². The maximum atomic E-state index is 13.0.